The van der Waals surface area contributed by atoms with E-state index < -0.39 is 6.10 Å². The average molecular weight is 290 g/mol. The van der Waals surface area contributed by atoms with Gasteiger partial charge < -0.3 is 10.4 Å². The molecule has 0 bridgehead atoms. The van der Waals surface area contributed by atoms with E-state index in [1.54, 1.807) is 11.3 Å². The van der Waals surface area contributed by atoms with Gasteiger partial charge >= 0.3 is 0 Å². The van der Waals surface area contributed by atoms with Gasteiger partial charge in [-0.2, -0.15) is 0 Å². The first kappa shape index (κ1) is 14.7. The van der Waals surface area contributed by atoms with Gasteiger partial charge in [0.05, 0.1) is 19.1 Å². The highest BCUT2D eigenvalue weighted by molar-refractivity contribution is 7.11. The topological polar surface area (TPSA) is 62.2 Å². The van der Waals surface area contributed by atoms with Gasteiger partial charge in [-0.05, 0) is 12.0 Å². The lowest BCUT2D eigenvalue weighted by atomic mass is 10.1. The zero-order valence-corrected chi connectivity index (χ0v) is 12.2. The summed E-state index contributed by atoms with van der Waals surface area (Å²) in [5.41, 5.74) is 0.755. The summed E-state index contributed by atoms with van der Waals surface area (Å²) in [5.74, 6) is -0.172. The van der Waals surface area contributed by atoms with Crippen LogP contribution in [0.15, 0.2) is 36.5 Å². The molecule has 0 aliphatic carbocycles. The molecule has 20 heavy (non-hydrogen) atoms. The maximum atomic E-state index is 11.8. The molecule has 1 atom stereocenters. The minimum Gasteiger partial charge on any atom is -0.388 e. The van der Waals surface area contributed by atoms with Gasteiger partial charge in [-0.3, -0.25) is 4.79 Å². The number of hydrogen-bond donors (Lipinski definition) is 2. The Labute approximate surface area is 122 Å². The minimum atomic E-state index is -0.765. The van der Waals surface area contributed by atoms with Gasteiger partial charge in [0.15, 0.2) is 0 Å². The number of nitrogens with zero attached hydrogens (tertiary/aromatic N) is 1. The fourth-order valence-corrected chi connectivity index (χ4v) is 2.61. The third kappa shape index (κ3) is 4.15. The summed E-state index contributed by atoms with van der Waals surface area (Å²) in [4.78, 5) is 17.2. The van der Waals surface area contributed by atoms with Crippen LogP contribution in [0.2, 0.25) is 0 Å². The number of aromatic nitrogens is 1. The van der Waals surface area contributed by atoms with Gasteiger partial charge in [-0.25, -0.2) is 4.98 Å². The standard InChI is InChI=1S/C15H18N2O2S/c1-2-12-9-17-15(20-12)10-16-14(19)8-13(18)11-6-4-3-5-7-11/h3-7,9,13,18H,2,8,10H2,1H3,(H,16,19). The maximum Gasteiger partial charge on any atom is 0.223 e. The third-order valence-corrected chi connectivity index (χ3v) is 4.09. The van der Waals surface area contributed by atoms with E-state index in [9.17, 15) is 9.90 Å². The Balaban J connectivity index is 1.80. The zero-order chi connectivity index (χ0) is 14.4. The molecule has 1 aromatic carbocycles. The molecule has 0 aliphatic rings. The molecule has 0 saturated carbocycles. The van der Waals surface area contributed by atoms with Crippen LogP contribution in [0.1, 0.15) is 34.9 Å². The Kier molecular flexibility index (Phi) is 5.26. The Bertz CT molecular complexity index is 554. The Hall–Kier alpha value is -1.72. The Morgan fingerprint density at radius 3 is 2.80 bits per heavy atom. The van der Waals surface area contributed by atoms with E-state index in [0.29, 0.717) is 6.54 Å². The van der Waals surface area contributed by atoms with Crippen molar-refractivity contribution >= 4 is 17.2 Å². The van der Waals surface area contributed by atoms with Crippen LogP contribution in [0.4, 0.5) is 0 Å². The van der Waals surface area contributed by atoms with E-state index >= 15 is 0 Å². The van der Waals surface area contributed by atoms with E-state index in [2.05, 4.69) is 17.2 Å². The summed E-state index contributed by atoms with van der Waals surface area (Å²) < 4.78 is 0. The average Bonchev–Trinajstić information content (AvgIpc) is 2.94. The van der Waals surface area contributed by atoms with Gasteiger partial charge in [-0.1, -0.05) is 37.3 Å². The van der Waals surface area contributed by atoms with Crippen LogP contribution in [-0.4, -0.2) is 16.0 Å². The summed E-state index contributed by atoms with van der Waals surface area (Å²) in [6, 6.07) is 9.19. The fraction of sp³-hybridized carbons (Fsp3) is 0.333. The summed E-state index contributed by atoms with van der Waals surface area (Å²) in [7, 11) is 0. The predicted molar refractivity (Wildman–Crippen MR) is 79.4 cm³/mol. The highest BCUT2D eigenvalue weighted by Crippen LogP contribution is 2.16. The number of amides is 1. The number of rotatable bonds is 6. The number of carbonyl (C=O) groups excluding carboxylic acids is 1. The number of aliphatic hydroxyl groups is 1. The van der Waals surface area contributed by atoms with Crippen LogP contribution in [0.25, 0.3) is 0 Å². The molecule has 2 N–H and O–H groups in total. The Morgan fingerprint density at radius 2 is 2.15 bits per heavy atom. The molecule has 1 amide bonds. The van der Waals surface area contributed by atoms with Crippen LogP contribution in [0, 0.1) is 0 Å². The molecule has 0 fully saturated rings. The van der Waals surface area contributed by atoms with Crippen molar-refractivity contribution in [1.82, 2.24) is 10.3 Å². The monoisotopic (exact) mass is 290 g/mol. The molecule has 2 aromatic rings. The quantitative estimate of drug-likeness (QED) is 0.859. The third-order valence-electron chi connectivity index (χ3n) is 2.95. The summed E-state index contributed by atoms with van der Waals surface area (Å²) in [6.07, 6.45) is 2.10. The van der Waals surface area contributed by atoms with Crippen molar-refractivity contribution in [1.29, 1.82) is 0 Å². The van der Waals surface area contributed by atoms with Crippen LogP contribution >= 0.6 is 11.3 Å². The summed E-state index contributed by atoms with van der Waals surface area (Å²) >= 11 is 1.60. The second-order valence-electron chi connectivity index (χ2n) is 4.48. The van der Waals surface area contributed by atoms with Crippen molar-refractivity contribution in [2.24, 2.45) is 0 Å². The van der Waals surface area contributed by atoms with Crippen molar-refractivity contribution in [2.45, 2.75) is 32.4 Å². The molecule has 0 radical (unpaired) electrons. The number of thiazole rings is 1. The first-order chi connectivity index (χ1) is 9.69. The number of aryl methyl sites for hydroxylation is 1. The number of nitrogens with one attached hydrogen (secondary N) is 1. The van der Waals surface area contributed by atoms with Crippen molar-refractivity contribution in [3.63, 3.8) is 0 Å². The van der Waals surface area contributed by atoms with E-state index in [0.717, 1.165) is 17.0 Å². The largest absolute Gasteiger partial charge is 0.388 e. The van der Waals surface area contributed by atoms with Crippen molar-refractivity contribution in [3.05, 3.63) is 52.0 Å². The van der Waals surface area contributed by atoms with E-state index in [-0.39, 0.29) is 12.3 Å². The summed E-state index contributed by atoms with van der Waals surface area (Å²) in [5, 5.41) is 13.6. The highest BCUT2D eigenvalue weighted by atomic mass is 32.1. The number of aliphatic hydroxyl groups excluding tert-OH is 1. The van der Waals surface area contributed by atoms with Gasteiger partial charge in [0.2, 0.25) is 5.91 Å². The maximum absolute atomic E-state index is 11.8. The SMILES string of the molecule is CCc1cnc(CNC(=O)CC(O)c2ccccc2)s1. The molecular weight excluding hydrogens is 272 g/mol. The molecule has 1 heterocycles. The van der Waals surface area contributed by atoms with Crippen molar-refractivity contribution in [2.75, 3.05) is 0 Å². The van der Waals surface area contributed by atoms with E-state index in [4.69, 9.17) is 0 Å². The highest BCUT2D eigenvalue weighted by Gasteiger charge is 2.12. The molecule has 0 saturated heterocycles. The van der Waals surface area contributed by atoms with Crippen LogP contribution in [0.5, 0.6) is 0 Å². The zero-order valence-electron chi connectivity index (χ0n) is 11.4. The lowest BCUT2D eigenvalue weighted by Crippen LogP contribution is -2.24. The van der Waals surface area contributed by atoms with Crippen molar-refractivity contribution in [3.8, 4) is 0 Å². The smallest absolute Gasteiger partial charge is 0.223 e. The lowest BCUT2D eigenvalue weighted by molar-refractivity contribution is -0.123. The Morgan fingerprint density at radius 1 is 1.40 bits per heavy atom. The molecule has 1 aromatic heterocycles. The molecular formula is C15H18N2O2S. The molecule has 1 unspecified atom stereocenters. The van der Waals surface area contributed by atoms with E-state index in [1.807, 2.05) is 36.5 Å². The van der Waals surface area contributed by atoms with Gasteiger partial charge in [0, 0.05) is 11.1 Å². The summed E-state index contributed by atoms with van der Waals surface area (Å²) in [6.45, 7) is 2.50. The normalized spacial score (nSPS) is 12.1. The first-order valence-corrected chi connectivity index (χ1v) is 7.44. The predicted octanol–water partition coefficient (Wildman–Crippen LogP) is 2.45. The van der Waals surface area contributed by atoms with Crippen molar-refractivity contribution < 1.29 is 9.90 Å². The van der Waals surface area contributed by atoms with Crippen LogP contribution in [0.3, 0.4) is 0 Å². The molecule has 5 heteroatoms. The van der Waals surface area contributed by atoms with E-state index in [1.165, 1.54) is 4.88 Å². The molecule has 0 aliphatic heterocycles. The molecule has 0 spiro atoms. The fourth-order valence-electron chi connectivity index (χ4n) is 1.81. The second kappa shape index (κ2) is 7.17. The minimum absolute atomic E-state index is 0.0655. The van der Waals surface area contributed by atoms with Crippen LogP contribution < -0.4 is 5.32 Å². The number of benzene rings is 1. The second-order valence-corrected chi connectivity index (χ2v) is 5.68. The molecule has 2 rings (SSSR count). The lowest BCUT2D eigenvalue weighted by Gasteiger charge is -2.10. The van der Waals surface area contributed by atoms with Gasteiger partial charge in [0.25, 0.3) is 0 Å². The number of hydrogen-bond acceptors (Lipinski definition) is 4. The molecule has 106 valence electrons. The first-order valence-electron chi connectivity index (χ1n) is 6.62. The van der Waals surface area contributed by atoms with Gasteiger partial charge in [0.1, 0.15) is 5.01 Å². The van der Waals surface area contributed by atoms with Gasteiger partial charge in [-0.15, -0.1) is 11.3 Å². The van der Waals surface area contributed by atoms with Crippen LogP contribution in [-0.2, 0) is 17.8 Å². The number of carbonyl (C=O) groups is 1. The molecule has 4 nitrogen and oxygen atoms in total.